The van der Waals surface area contributed by atoms with Crippen molar-refractivity contribution in [2.75, 3.05) is 18.5 Å². The predicted molar refractivity (Wildman–Crippen MR) is 53.7 cm³/mol. The van der Waals surface area contributed by atoms with E-state index in [1.54, 1.807) is 24.5 Å². The summed E-state index contributed by atoms with van der Waals surface area (Å²) in [6, 6.07) is 3.48. The zero-order valence-electron chi connectivity index (χ0n) is 8.14. The lowest BCUT2D eigenvalue weighted by atomic mass is 9.99. The molecule has 0 radical (unpaired) electrons. The van der Waals surface area contributed by atoms with Gasteiger partial charge in [0.25, 0.3) is 0 Å². The number of carboxylic acids is 1. The number of aliphatic carboxylic acids is 1. The molecular weight excluding hydrogens is 196 g/mol. The van der Waals surface area contributed by atoms with E-state index < -0.39 is 11.5 Å². The SMILES string of the molecule is O=C(O)C1(Nc2ccncc2)CCOC1. The van der Waals surface area contributed by atoms with Crippen LogP contribution in [0.2, 0.25) is 0 Å². The van der Waals surface area contributed by atoms with E-state index in [1.807, 2.05) is 0 Å². The molecule has 1 aliphatic rings. The number of nitrogens with one attached hydrogen (secondary N) is 1. The third-order valence-corrected chi connectivity index (χ3v) is 2.49. The number of rotatable bonds is 3. The van der Waals surface area contributed by atoms with Crippen molar-refractivity contribution in [1.82, 2.24) is 4.98 Å². The van der Waals surface area contributed by atoms with Gasteiger partial charge in [-0.1, -0.05) is 0 Å². The first-order chi connectivity index (χ1) is 7.23. The molecule has 0 bridgehead atoms. The van der Waals surface area contributed by atoms with E-state index >= 15 is 0 Å². The van der Waals surface area contributed by atoms with Gasteiger partial charge in [0.2, 0.25) is 0 Å². The maximum Gasteiger partial charge on any atom is 0.331 e. The largest absolute Gasteiger partial charge is 0.479 e. The minimum atomic E-state index is -0.985. The van der Waals surface area contributed by atoms with Gasteiger partial charge in [0.1, 0.15) is 0 Å². The molecule has 5 heteroatoms. The van der Waals surface area contributed by atoms with E-state index in [4.69, 9.17) is 9.84 Å². The van der Waals surface area contributed by atoms with Crippen LogP contribution in [0.15, 0.2) is 24.5 Å². The van der Waals surface area contributed by atoms with Gasteiger partial charge in [0.05, 0.1) is 6.61 Å². The van der Waals surface area contributed by atoms with Gasteiger partial charge in [0.15, 0.2) is 5.54 Å². The zero-order chi connectivity index (χ0) is 10.7. The Kier molecular flexibility index (Phi) is 2.55. The molecular formula is C10H12N2O3. The number of hydrogen-bond acceptors (Lipinski definition) is 4. The number of nitrogens with zero attached hydrogens (tertiary/aromatic N) is 1. The lowest BCUT2D eigenvalue weighted by Crippen LogP contribution is -2.47. The topological polar surface area (TPSA) is 71.5 Å². The minimum Gasteiger partial charge on any atom is -0.479 e. The maximum atomic E-state index is 11.2. The summed E-state index contributed by atoms with van der Waals surface area (Å²) in [4.78, 5) is 15.0. The van der Waals surface area contributed by atoms with Gasteiger partial charge in [-0.05, 0) is 12.1 Å². The van der Waals surface area contributed by atoms with E-state index in [0.29, 0.717) is 13.0 Å². The Hall–Kier alpha value is -1.62. The second kappa shape index (κ2) is 3.86. The summed E-state index contributed by atoms with van der Waals surface area (Å²) in [7, 11) is 0. The van der Waals surface area contributed by atoms with Gasteiger partial charge < -0.3 is 15.2 Å². The number of pyridine rings is 1. The lowest BCUT2D eigenvalue weighted by molar-refractivity contribution is -0.142. The Morgan fingerprint density at radius 2 is 2.27 bits per heavy atom. The smallest absolute Gasteiger partial charge is 0.331 e. The van der Waals surface area contributed by atoms with Crippen molar-refractivity contribution >= 4 is 11.7 Å². The molecule has 2 heterocycles. The highest BCUT2D eigenvalue weighted by atomic mass is 16.5. The zero-order valence-corrected chi connectivity index (χ0v) is 8.14. The van der Waals surface area contributed by atoms with Crippen LogP contribution in [0, 0.1) is 0 Å². The molecule has 1 aromatic heterocycles. The van der Waals surface area contributed by atoms with Crippen molar-refractivity contribution < 1.29 is 14.6 Å². The normalized spacial score (nSPS) is 25.1. The molecule has 1 fully saturated rings. The van der Waals surface area contributed by atoms with Crippen LogP contribution in [0.1, 0.15) is 6.42 Å². The summed E-state index contributed by atoms with van der Waals surface area (Å²) in [5, 5.41) is 12.2. The van der Waals surface area contributed by atoms with Crippen molar-refractivity contribution in [2.24, 2.45) is 0 Å². The highest BCUT2D eigenvalue weighted by Crippen LogP contribution is 2.24. The molecule has 0 spiro atoms. The highest BCUT2D eigenvalue weighted by molar-refractivity contribution is 5.83. The summed E-state index contributed by atoms with van der Waals surface area (Å²) in [5.74, 6) is -0.878. The van der Waals surface area contributed by atoms with E-state index in [0.717, 1.165) is 5.69 Å². The lowest BCUT2D eigenvalue weighted by Gasteiger charge is -2.24. The summed E-state index contributed by atoms with van der Waals surface area (Å²) < 4.78 is 5.14. The van der Waals surface area contributed by atoms with E-state index in [2.05, 4.69) is 10.3 Å². The van der Waals surface area contributed by atoms with Crippen LogP contribution in [-0.4, -0.2) is 34.8 Å². The van der Waals surface area contributed by atoms with E-state index in [1.165, 1.54) is 0 Å². The third-order valence-electron chi connectivity index (χ3n) is 2.49. The summed E-state index contributed by atoms with van der Waals surface area (Å²) >= 11 is 0. The van der Waals surface area contributed by atoms with E-state index in [9.17, 15) is 4.79 Å². The molecule has 15 heavy (non-hydrogen) atoms. The van der Waals surface area contributed by atoms with Crippen molar-refractivity contribution in [1.29, 1.82) is 0 Å². The summed E-state index contributed by atoms with van der Waals surface area (Å²) in [6.45, 7) is 0.676. The first-order valence-corrected chi connectivity index (χ1v) is 4.72. The van der Waals surface area contributed by atoms with Gasteiger partial charge in [-0.2, -0.15) is 0 Å². The van der Waals surface area contributed by atoms with Gasteiger partial charge in [-0.3, -0.25) is 4.98 Å². The molecule has 0 saturated carbocycles. The second-order valence-corrected chi connectivity index (χ2v) is 3.55. The Morgan fingerprint density at radius 1 is 1.53 bits per heavy atom. The Labute approximate surface area is 87.1 Å². The van der Waals surface area contributed by atoms with Gasteiger partial charge in [-0.25, -0.2) is 4.79 Å². The van der Waals surface area contributed by atoms with Crippen molar-refractivity contribution in [3.63, 3.8) is 0 Å². The molecule has 0 aromatic carbocycles. The molecule has 80 valence electrons. The molecule has 1 saturated heterocycles. The first-order valence-electron chi connectivity index (χ1n) is 4.72. The van der Waals surface area contributed by atoms with Crippen LogP contribution < -0.4 is 5.32 Å². The summed E-state index contributed by atoms with van der Waals surface area (Å²) in [6.07, 6.45) is 3.71. The molecule has 1 aliphatic heterocycles. The fraction of sp³-hybridized carbons (Fsp3) is 0.400. The molecule has 1 atom stereocenters. The third kappa shape index (κ3) is 1.92. The molecule has 2 N–H and O–H groups in total. The minimum absolute atomic E-state index is 0.199. The predicted octanol–water partition coefficient (Wildman–Crippen LogP) is 0.737. The van der Waals surface area contributed by atoms with Crippen LogP contribution in [0.5, 0.6) is 0 Å². The Morgan fingerprint density at radius 3 is 2.80 bits per heavy atom. The van der Waals surface area contributed by atoms with Crippen LogP contribution in [0.25, 0.3) is 0 Å². The first kappa shape index (κ1) is 9.92. The fourth-order valence-electron chi connectivity index (χ4n) is 1.60. The Balaban J connectivity index is 2.18. The average Bonchev–Trinajstić information content (AvgIpc) is 2.69. The molecule has 0 aliphatic carbocycles. The molecule has 1 unspecified atom stereocenters. The van der Waals surface area contributed by atoms with Crippen LogP contribution in [-0.2, 0) is 9.53 Å². The number of carboxylic acid groups (broad SMARTS) is 1. The Bertz CT molecular complexity index is 347. The fourth-order valence-corrected chi connectivity index (χ4v) is 1.60. The van der Waals surface area contributed by atoms with Gasteiger partial charge in [-0.15, -0.1) is 0 Å². The number of anilines is 1. The second-order valence-electron chi connectivity index (χ2n) is 3.55. The van der Waals surface area contributed by atoms with Crippen LogP contribution >= 0.6 is 0 Å². The highest BCUT2D eigenvalue weighted by Gasteiger charge is 2.42. The van der Waals surface area contributed by atoms with Crippen molar-refractivity contribution in [3.8, 4) is 0 Å². The number of carbonyl (C=O) groups is 1. The van der Waals surface area contributed by atoms with Gasteiger partial charge >= 0.3 is 5.97 Å². The summed E-state index contributed by atoms with van der Waals surface area (Å²) in [5.41, 5.74) is -0.237. The van der Waals surface area contributed by atoms with Crippen molar-refractivity contribution in [3.05, 3.63) is 24.5 Å². The number of hydrogen-bond donors (Lipinski definition) is 2. The van der Waals surface area contributed by atoms with Gasteiger partial charge in [0, 0.05) is 31.1 Å². The van der Waals surface area contributed by atoms with E-state index in [-0.39, 0.29) is 6.61 Å². The number of aromatic nitrogens is 1. The monoisotopic (exact) mass is 208 g/mol. The molecule has 1 aromatic rings. The van der Waals surface area contributed by atoms with Crippen LogP contribution in [0.4, 0.5) is 5.69 Å². The average molecular weight is 208 g/mol. The standard InChI is InChI=1S/C10H12N2O3/c13-9(14)10(3-6-15-7-10)12-8-1-4-11-5-2-8/h1-2,4-5H,3,6-7H2,(H,11,12)(H,13,14). The van der Waals surface area contributed by atoms with Crippen LogP contribution in [0.3, 0.4) is 0 Å². The maximum absolute atomic E-state index is 11.2. The molecule has 5 nitrogen and oxygen atoms in total. The molecule has 2 rings (SSSR count). The molecule has 0 amide bonds. The number of ether oxygens (including phenoxy) is 1. The quantitative estimate of drug-likeness (QED) is 0.766. The van der Waals surface area contributed by atoms with Crippen molar-refractivity contribution in [2.45, 2.75) is 12.0 Å².